The average Bonchev–Trinajstić information content (AvgIpc) is 2.60. The maximum absolute atomic E-state index is 13.3. The van der Waals surface area contributed by atoms with Crippen LogP contribution in [0.2, 0.25) is 0 Å². The summed E-state index contributed by atoms with van der Waals surface area (Å²) in [5.74, 6) is -0.0699. The van der Waals surface area contributed by atoms with E-state index >= 15 is 0 Å². The van der Waals surface area contributed by atoms with Gasteiger partial charge in [-0.1, -0.05) is 12.1 Å². The number of benzene rings is 1. The van der Waals surface area contributed by atoms with Crippen molar-refractivity contribution in [2.75, 3.05) is 13.1 Å². The Morgan fingerprint density at radius 3 is 3.14 bits per heavy atom. The average molecular weight is 194 g/mol. The summed E-state index contributed by atoms with van der Waals surface area (Å²) in [5.41, 5.74) is 7.41. The molecular weight excluding hydrogens is 179 g/mol. The van der Waals surface area contributed by atoms with E-state index in [1.54, 1.807) is 6.07 Å². The topological polar surface area (TPSA) is 38.0 Å². The van der Waals surface area contributed by atoms with Gasteiger partial charge >= 0.3 is 0 Å². The van der Waals surface area contributed by atoms with Crippen molar-refractivity contribution in [1.29, 1.82) is 0 Å². The van der Waals surface area contributed by atoms with Gasteiger partial charge in [0.05, 0.1) is 0 Å². The highest BCUT2D eigenvalue weighted by atomic mass is 19.1. The van der Waals surface area contributed by atoms with Gasteiger partial charge in [-0.3, -0.25) is 0 Å². The fourth-order valence-electron chi connectivity index (χ4n) is 2.08. The predicted octanol–water partition coefficient (Wildman–Crippen LogP) is 1.36. The van der Waals surface area contributed by atoms with Crippen LogP contribution < -0.4 is 11.1 Å². The van der Waals surface area contributed by atoms with Gasteiger partial charge in [0.25, 0.3) is 0 Å². The molecule has 0 amide bonds. The number of rotatable bonds is 3. The van der Waals surface area contributed by atoms with Crippen molar-refractivity contribution >= 4 is 0 Å². The second-order valence-corrected chi connectivity index (χ2v) is 3.64. The molecule has 2 nitrogen and oxygen atoms in total. The lowest BCUT2D eigenvalue weighted by molar-refractivity contribution is 0.538. The standard InChI is InChI=1S/C11H15FN2/c12-10-3-1-2-9-8(10)4-5-11(9)14-7-6-13/h1-3,11,14H,4-7,13H2. The molecule has 1 aliphatic rings. The lowest BCUT2D eigenvalue weighted by atomic mass is 10.1. The number of hydrogen-bond donors (Lipinski definition) is 2. The molecule has 76 valence electrons. The minimum absolute atomic E-state index is 0.0699. The van der Waals surface area contributed by atoms with E-state index in [4.69, 9.17) is 5.73 Å². The minimum Gasteiger partial charge on any atom is -0.329 e. The normalized spacial score (nSPS) is 19.7. The van der Waals surface area contributed by atoms with Gasteiger partial charge in [0.1, 0.15) is 5.82 Å². The van der Waals surface area contributed by atoms with E-state index in [1.165, 1.54) is 6.07 Å². The first-order chi connectivity index (χ1) is 6.83. The molecule has 1 unspecified atom stereocenters. The molecule has 0 saturated carbocycles. The number of hydrogen-bond acceptors (Lipinski definition) is 2. The molecule has 3 heteroatoms. The molecule has 0 spiro atoms. The van der Waals surface area contributed by atoms with Crippen molar-refractivity contribution in [2.24, 2.45) is 5.73 Å². The predicted molar refractivity (Wildman–Crippen MR) is 54.5 cm³/mol. The fourth-order valence-corrected chi connectivity index (χ4v) is 2.08. The van der Waals surface area contributed by atoms with Crippen LogP contribution in [0, 0.1) is 5.82 Å². The smallest absolute Gasteiger partial charge is 0.126 e. The molecule has 1 aromatic carbocycles. The summed E-state index contributed by atoms with van der Waals surface area (Å²) >= 11 is 0. The second kappa shape index (κ2) is 4.07. The molecule has 1 aromatic rings. The third-order valence-electron chi connectivity index (χ3n) is 2.75. The fraction of sp³-hybridized carbons (Fsp3) is 0.455. The summed E-state index contributed by atoms with van der Waals surface area (Å²) in [7, 11) is 0. The van der Waals surface area contributed by atoms with E-state index in [1.807, 2.05) is 6.07 Å². The van der Waals surface area contributed by atoms with Gasteiger partial charge in [-0.05, 0) is 30.0 Å². The molecule has 1 atom stereocenters. The van der Waals surface area contributed by atoms with Gasteiger partial charge in [0.2, 0.25) is 0 Å². The van der Waals surface area contributed by atoms with Crippen LogP contribution in [0.25, 0.3) is 0 Å². The van der Waals surface area contributed by atoms with Crippen molar-refractivity contribution in [1.82, 2.24) is 5.32 Å². The highest BCUT2D eigenvalue weighted by Gasteiger charge is 2.23. The van der Waals surface area contributed by atoms with E-state index in [-0.39, 0.29) is 5.82 Å². The van der Waals surface area contributed by atoms with Crippen LogP contribution in [0.5, 0.6) is 0 Å². The zero-order chi connectivity index (χ0) is 9.97. The van der Waals surface area contributed by atoms with Crippen LogP contribution in [-0.4, -0.2) is 13.1 Å². The monoisotopic (exact) mass is 194 g/mol. The third-order valence-corrected chi connectivity index (χ3v) is 2.75. The molecule has 0 fully saturated rings. The van der Waals surface area contributed by atoms with E-state index in [0.717, 1.165) is 30.5 Å². The van der Waals surface area contributed by atoms with Gasteiger partial charge in [-0.25, -0.2) is 4.39 Å². The van der Waals surface area contributed by atoms with Crippen molar-refractivity contribution in [3.63, 3.8) is 0 Å². The first-order valence-corrected chi connectivity index (χ1v) is 5.03. The van der Waals surface area contributed by atoms with Crippen molar-refractivity contribution < 1.29 is 4.39 Å². The Morgan fingerprint density at radius 2 is 2.36 bits per heavy atom. The van der Waals surface area contributed by atoms with Crippen molar-refractivity contribution in [3.8, 4) is 0 Å². The Labute approximate surface area is 83.3 Å². The maximum Gasteiger partial charge on any atom is 0.126 e. The van der Waals surface area contributed by atoms with E-state index in [0.29, 0.717) is 12.6 Å². The Balaban J connectivity index is 2.18. The molecule has 1 aliphatic carbocycles. The molecule has 0 aromatic heterocycles. The minimum atomic E-state index is -0.0699. The quantitative estimate of drug-likeness (QED) is 0.762. The van der Waals surface area contributed by atoms with Gasteiger partial charge in [0, 0.05) is 19.1 Å². The van der Waals surface area contributed by atoms with Gasteiger partial charge in [-0.15, -0.1) is 0 Å². The van der Waals surface area contributed by atoms with Crippen LogP contribution in [-0.2, 0) is 6.42 Å². The lowest BCUT2D eigenvalue weighted by Crippen LogP contribution is -2.25. The molecular formula is C11H15FN2. The molecule has 2 rings (SSSR count). The van der Waals surface area contributed by atoms with Crippen LogP contribution in [0.4, 0.5) is 4.39 Å². The number of nitrogens with two attached hydrogens (primary N) is 1. The number of fused-ring (bicyclic) bond motifs is 1. The van der Waals surface area contributed by atoms with Crippen LogP contribution >= 0.6 is 0 Å². The first-order valence-electron chi connectivity index (χ1n) is 5.03. The van der Waals surface area contributed by atoms with Gasteiger partial charge in [-0.2, -0.15) is 0 Å². The van der Waals surface area contributed by atoms with Crippen LogP contribution in [0.15, 0.2) is 18.2 Å². The van der Waals surface area contributed by atoms with Crippen molar-refractivity contribution in [3.05, 3.63) is 35.1 Å². The molecule has 0 bridgehead atoms. The molecule has 3 N–H and O–H groups in total. The van der Waals surface area contributed by atoms with E-state index in [2.05, 4.69) is 5.32 Å². The highest BCUT2D eigenvalue weighted by Crippen LogP contribution is 2.32. The summed E-state index contributed by atoms with van der Waals surface area (Å²) in [6.07, 6.45) is 1.82. The first kappa shape index (κ1) is 9.62. The summed E-state index contributed by atoms with van der Waals surface area (Å²) in [5, 5.41) is 3.32. The number of nitrogens with one attached hydrogen (secondary N) is 1. The maximum atomic E-state index is 13.3. The molecule has 0 heterocycles. The Hall–Kier alpha value is -0.930. The van der Waals surface area contributed by atoms with Crippen molar-refractivity contribution in [2.45, 2.75) is 18.9 Å². The summed E-state index contributed by atoms with van der Waals surface area (Å²) in [4.78, 5) is 0. The van der Waals surface area contributed by atoms with E-state index < -0.39 is 0 Å². The molecule has 0 saturated heterocycles. The van der Waals surface area contributed by atoms with Gasteiger partial charge in [0.15, 0.2) is 0 Å². The highest BCUT2D eigenvalue weighted by molar-refractivity contribution is 5.35. The second-order valence-electron chi connectivity index (χ2n) is 3.64. The largest absolute Gasteiger partial charge is 0.329 e. The lowest BCUT2D eigenvalue weighted by Gasteiger charge is -2.12. The summed E-state index contributed by atoms with van der Waals surface area (Å²) < 4.78 is 13.3. The third kappa shape index (κ3) is 1.65. The van der Waals surface area contributed by atoms with Crippen LogP contribution in [0.3, 0.4) is 0 Å². The Morgan fingerprint density at radius 1 is 1.50 bits per heavy atom. The molecule has 0 aliphatic heterocycles. The zero-order valence-electron chi connectivity index (χ0n) is 8.09. The Kier molecular flexibility index (Phi) is 2.79. The molecule has 0 radical (unpaired) electrons. The summed E-state index contributed by atoms with van der Waals surface area (Å²) in [6.45, 7) is 1.42. The van der Waals surface area contributed by atoms with Gasteiger partial charge < -0.3 is 11.1 Å². The summed E-state index contributed by atoms with van der Waals surface area (Å²) in [6, 6.07) is 5.60. The SMILES string of the molecule is NCCNC1CCc2c(F)cccc21. The Bertz CT molecular complexity index is 325. The zero-order valence-corrected chi connectivity index (χ0v) is 8.09. The van der Waals surface area contributed by atoms with E-state index in [9.17, 15) is 4.39 Å². The number of halogens is 1. The molecule has 14 heavy (non-hydrogen) atoms. The van der Waals surface area contributed by atoms with Crippen LogP contribution in [0.1, 0.15) is 23.6 Å².